The molecule has 0 saturated heterocycles. The highest BCUT2D eigenvalue weighted by Gasteiger charge is 2.19. The van der Waals surface area contributed by atoms with Gasteiger partial charge in [0.25, 0.3) is 5.91 Å². The van der Waals surface area contributed by atoms with Gasteiger partial charge in [0.05, 0.1) is 16.8 Å². The minimum Gasteiger partial charge on any atom is -0.454 e. The van der Waals surface area contributed by atoms with Gasteiger partial charge in [0.15, 0.2) is 11.5 Å². The van der Waals surface area contributed by atoms with Gasteiger partial charge in [-0.15, -0.1) is 0 Å². The number of carbonyl (C=O) groups excluding carboxylic acids is 1. The molecule has 0 N–H and O–H groups in total. The van der Waals surface area contributed by atoms with Gasteiger partial charge in [-0.25, -0.2) is 4.98 Å². The molecule has 3 aromatic rings. The summed E-state index contributed by atoms with van der Waals surface area (Å²) in [7, 11) is 0. The molecule has 5 nitrogen and oxygen atoms in total. The van der Waals surface area contributed by atoms with Crippen LogP contribution >= 0.6 is 0 Å². The number of hydrogen-bond acceptors (Lipinski definition) is 4. The second kappa shape index (κ2) is 6.67. The van der Waals surface area contributed by atoms with Crippen LogP contribution in [0, 0.1) is 0 Å². The normalized spacial score (nSPS) is 12.4. The van der Waals surface area contributed by atoms with E-state index in [4.69, 9.17) is 14.5 Å². The van der Waals surface area contributed by atoms with Crippen LogP contribution in [0.2, 0.25) is 0 Å². The van der Waals surface area contributed by atoms with Crippen molar-refractivity contribution in [3.8, 4) is 22.8 Å². The lowest BCUT2D eigenvalue weighted by Gasteiger charge is -2.20. The molecule has 4 rings (SSSR count). The predicted molar refractivity (Wildman–Crippen MR) is 101 cm³/mol. The number of para-hydroxylation sites is 1. The molecule has 132 valence electrons. The molecule has 0 fully saturated rings. The van der Waals surface area contributed by atoms with Crippen molar-refractivity contribution in [2.45, 2.75) is 13.8 Å². The molecule has 5 heteroatoms. The number of carbonyl (C=O) groups is 1. The molecule has 26 heavy (non-hydrogen) atoms. The van der Waals surface area contributed by atoms with Crippen LogP contribution in [0.4, 0.5) is 0 Å². The molecule has 2 heterocycles. The van der Waals surface area contributed by atoms with Gasteiger partial charge in [0.2, 0.25) is 6.79 Å². The minimum absolute atomic E-state index is 0.0237. The summed E-state index contributed by atoms with van der Waals surface area (Å²) in [5.74, 6) is 1.46. The lowest BCUT2D eigenvalue weighted by molar-refractivity contribution is 0.0775. The molecule has 0 radical (unpaired) electrons. The van der Waals surface area contributed by atoms with Gasteiger partial charge in [-0.3, -0.25) is 4.79 Å². The van der Waals surface area contributed by atoms with E-state index < -0.39 is 0 Å². The highest BCUT2D eigenvalue weighted by Crippen LogP contribution is 2.36. The van der Waals surface area contributed by atoms with E-state index in [0.717, 1.165) is 27.9 Å². The number of benzene rings is 2. The van der Waals surface area contributed by atoms with Crippen molar-refractivity contribution in [3.63, 3.8) is 0 Å². The first-order chi connectivity index (χ1) is 12.7. The Morgan fingerprint density at radius 2 is 1.81 bits per heavy atom. The number of fused-ring (bicyclic) bond motifs is 2. The van der Waals surface area contributed by atoms with Gasteiger partial charge >= 0.3 is 0 Å². The van der Waals surface area contributed by atoms with Crippen molar-refractivity contribution in [2.75, 3.05) is 19.9 Å². The Hall–Kier alpha value is -3.08. The highest BCUT2D eigenvalue weighted by molar-refractivity contribution is 6.07. The van der Waals surface area contributed by atoms with Gasteiger partial charge in [-0.05, 0) is 44.2 Å². The Kier molecular flexibility index (Phi) is 4.21. The molecular formula is C21H20N2O3. The van der Waals surface area contributed by atoms with Crippen LogP contribution in [0.15, 0.2) is 48.5 Å². The lowest BCUT2D eigenvalue weighted by atomic mass is 10.0. The average Bonchev–Trinajstić information content (AvgIpc) is 3.15. The van der Waals surface area contributed by atoms with Gasteiger partial charge in [-0.2, -0.15) is 0 Å². The number of aromatic nitrogens is 1. The number of pyridine rings is 1. The van der Waals surface area contributed by atoms with E-state index in [1.165, 1.54) is 0 Å². The summed E-state index contributed by atoms with van der Waals surface area (Å²) in [5, 5.41) is 0.869. The number of rotatable bonds is 4. The summed E-state index contributed by atoms with van der Waals surface area (Å²) in [6.45, 7) is 5.55. The van der Waals surface area contributed by atoms with E-state index in [1.54, 1.807) is 0 Å². The second-order valence-corrected chi connectivity index (χ2v) is 6.12. The number of amides is 1. The summed E-state index contributed by atoms with van der Waals surface area (Å²) in [4.78, 5) is 19.6. The average molecular weight is 348 g/mol. The maximum absolute atomic E-state index is 13.0. The van der Waals surface area contributed by atoms with Crippen molar-refractivity contribution in [3.05, 3.63) is 54.1 Å². The van der Waals surface area contributed by atoms with E-state index >= 15 is 0 Å². The Bertz CT molecular complexity index is 980. The molecule has 0 spiro atoms. The molecule has 2 aromatic carbocycles. The van der Waals surface area contributed by atoms with Crippen LogP contribution < -0.4 is 9.47 Å². The number of hydrogen-bond donors (Lipinski definition) is 0. The van der Waals surface area contributed by atoms with Gasteiger partial charge in [0.1, 0.15) is 0 Å². The fourth-order valence-corrected chi connectivity index (χ4v) is 3.24. The first-order valence-corrected chi connectivity index (χ1v) is 8.80. The molecule has 0 aliphatic carbocycles. The lowest BCUT2D eigenvalue weighted by Crippen LogP contribution is -2.30. The topological polar surface area (TPSA) is 51.7 Å². The fourth-order valence-electron chi connectivity index (χ4n) is 3.24. The summed E-state index contributed by atoms with van der Waals surface area (Å²) < 4.78 is 10.9. The third-order valence-corrected chi connectivity index (χ3v) is 4.67. The Morgan fingerprint density at radius 3 is 2.62 bits per heavy atom. The first-order valence-electron chi connectivity index (χ1n) is 8.80. The van der Waals surface area contributed by atoms with Crippen molar-refractivity contribution in [1.29, 1.82) is 0 Å². The summed E-state index contributed by atoms with van der Waals surface area (Å²) in [6.07, 6.45) is 0. The standard InChI is InChI=1S/C21H20N2O3/c1-3-23(4-2)21(24)16-12-18(22-17-8-6-5-7-15(16)17)14-9-10-19-20(11-14)26-13-25-19/h5-12H,3-4,13H2,1-2H3. The van der Waals surface area contributed by atoms with E-state index in [-0.39, 0.29) is 12.7 Å². The molecule has 1 amide bonds. The molecule has 0 atom stereocenters. The number of nitrogens with zero attached hydrogens (tertiary/aromatic N) is 2. The van der Waals surface area contributed by atoms with E-state index in [9.17, 15) is 4.79 Å². The van der Waals surface area contributed by atoms with Crippen LogP contribution in [0.5, 0.6) is 11.5 Å². The van der Waals surface area contributed by atoms with Gasteiger partial charge in [0, 0.05) is 24.0 Å². The van der Waals surface area contributed by atoms with Crippen LogP contribution in [0.25, 0.3) is 22.2 Å². The predicted octanol–water partition coefficient (Wildman–Crippen LogP) is 4.11. The zero-order valence-electron chi connectivity index (χ0n) is 14.9. The second-order valence-electron chi connectivity index (χ2n) is 6.12. The maximum atomic E-state index is 13.0. The van der Waals surface area contributed by atoms with Crippen molar-refractivity contribution in [1.82, 2.24) is 9.88 Å². The third-order valence-electron chi connectivity index (χ3n) is 4.67. The van der Waals surface area contributed by atoms with Crippen molar-refractivity contribution in [2.24, 2.45) is 0 Å². The van der Waals surface area contributed by atoms with Crippen LogP contribution in [-0.2, 0) is 0 Å². The summed E-state index contributed by atoms with van der Waals surface area (Å²) in [6, 6.07) is 15.4. The first kappa shape index (κ1) is 16.4. The maximum Gasteiger partial charge on any atom is 0.254 e. The highest BCUT2D eigenvalue weighted by atomic mass is 16.7. The van der Waals surface area contributed by atoms with E-state index in [2.05, 4.69) is 0 Å². The number of ether oxygens (including phenoxy) is 2. The van der Waals surface area contributed by atoms with Crippen LogP contribution in [-0.4, -0.2) is 35.7 Å². The monoisotopic (exact) mass is 348 g/mol. The molecule has 0 unspecified atom stereocenters. The zero-order valence-corrected chi connectivity index (χ0v) is 14.9. The molecule has 0 saturated carbocycles. The largest absolute Gasteiger partial charge is 0.454 e. The Morgan fingerprint density at radius 1 is 1.04 bits per heavy atom. The summed E-state index contributed by atoms with van der Waals surface area (Å²) >= 11 is 0. The molecular weight excluding hydrogens is 328 g/mol. The van der Waals surface area contributed by atoms with Crippen LogP contribution in [0.3, 0.4) is 0 Å². The van der Waals surface area contributed by atoms with Crippen molar-refractivity contribution < 1.29 is 14.3 Å². The SMILES string of the molecule is CCN(CC)C(=O)c1cc(-c2ccc3c(c2)OCO3)nc2ccccc12. The Balaban J connectivity index is 1.87. The molecule has 1 aliphatic heterocycles. The van der Waals surface area contributed by atoms with E-state index in [1.807, 2.05) is 67.3 Å². The van der Waals surface area contributed by atoms with Gasteiger partial charge in [-0.1, -0.05) is 18.2 Å². The van der Waals surface area contributed by atoms with Gasteiger partial charge < -0.3 is 14.4 Å². The third kappa shape index (κ3) is 2.75. The Labute approximate surface area is 152 Å². The van der Waals surface area contributed by atoms with Crippen molar-refractivity contribution >= 4 is 16.8 Å². The zero-order chi connectivity index (χ0) is 18.1. The summed E-state index contributed by atoms with van der Waals surface area (Å²) in [5.41, 5.74) is 3.12. The smallest absolute Gasteiger partial charge is 0.254 e. The fraction of sp³-hybridized carbons (Fsp3) is 0.238. The molecule has 1 aliphatic rings. The molecule has 1 aromatic heterocycles. The van der Waals surface area contributed by atoms with E-state index in [0.29, 0.717) is 24.4 Å². The minimum atomic E-state index is 0.0237. The molecule has 0 bridgehead atoms. The van der Waals surface area contributed by atoms with Crippen LogP contribution in [0.1, 0.15) is 24.2 Å². The quantitative estimate of drug-likeness (QED) is 0.712.